The van der Waals surface area contributed by atoms with Crippen molar-refractivity contribution in [2.45, 2.75) is 45.1 Å². The van der Waals surface area contributed by atoms with E-state index in [-0.39, 0.29) is 22.6 Å². The molecule has 32 heavy (non-hydrogen) atoms. The molecule has 0 bridgehead atoms. The minimum atomic E-state index is -4.10. The zero-order valence-electron chi connectivity index (χ0n) is 18.2. The number of aryl methyl sites for hydroxylation is 1. The molecule has 1 atom stereocenters. The summed E-state index contributed by atoms with van der Waals surface area (Å²) in [5, 5.41) is 11.7. The second-order valence-corrected chi connectivity index (χ2v) is 10.4. The third-order valence-electron chi connectivity index (χ3n) is 5.10. The summed E-state index contributed by atoms with van der Waals surface area (Å²) in [7, 11) is -4.10. The van der Waals surface area contributed by atoms with Crippen LogP contribution in [0.2, 0.25) is 0 Å². The number of carbonyl (C=O) groups is 1. The molecule has 3 aromatic rings. The number of hydrogen-bond acceptors (Lipinski definition) is 5. The Morgan fingerprint density at radius 3 is 2.53 bits per heavy atom. The highest BCUT2D eigenvalue weighted by Gasteiger charge is 2.29. The van der Waals surface area contributed by atoms with E-state index in [0.29, 0.717) is 11.3 Å². The van der Waals surface area contributed by atoms with Crippen molar-refractivity contribution in [3.8, 4) is 11.3 Å². The van der Waals surface area contributed by atoms with Crippen molar-refractivity contribution in [2.75, 3.05) is 0 Å². The molecule has 8 nitrogen and oxygen atoms in total. The first-order valence-corrected chi connectivity index (χ1v) is 11.3. The molecule has 0 saturated heterocycles. The van der Waals surface area contributed by atoms with Crippen molar-refractivity contribution in [3.63, 3.8) is 0 Å². The Morgan fingerprint density at radius 1 is 1.25 bits per heavy atom. The van der Waals surface area contributed by atoms with Gasteiger partial charge in [-0.1, -0.05) is 20.8 Å². The van der Waals surface area contributed by atoms with Crippen LogP contribution >= 0.6 is 0 Å². The van der Waals surface area contributed by atoms with E-state index in [1.165, 1.54) is 36.8 Å². The smallest absolute Gasteiger partial charge is 0.404 e. The fourth-order valence-corrected chi connectivity index (χ4v) is 4.60. The highest BCUT2D eigenvalue weighted by atomic mass is 32.2. The zero-order valence-corrected chi connectivity index (χ0v) is 19.0. The molecule has 170 valence electrons. The quantitative estimate of drug-likeness (QED) is 0.540. The largest absolute Gasteiger partial charge is 0.465 e. The summed E-state index contributed by atoms with van der Waals surface area (Å²) in [6.45, 7) is 7.37. The maximum atomic E-state index is 14.5. The lowest BCUT2D eigenvalue weighted by Gasteiger charge is -2.30. The van der Waals surface area contributed by atoms with Gasteiger partial charge in [0.1, 0.15) is 4.90 Å². The van der Waals surface area contributed by atoms with E-state index in [1.54, 1.807) is 19.1 Å². The van der Waals surface area contributed by atoms with Crippen LogP contribution < -0.4 is 5.32 Å². The SMILES string of the molecule is Cc1ccc(S(=O)(=O)n2cc(CC(NC(=O)O)C(C)(C)C)cc2-c2cccnc2F)cn1. The van der Waals surface area contributed by atoms with Crippen LogP contribution in [0.25, 0.3) is 11.3 Å². The molecule has 3 rings (SSSR count). The van der Waals surface area contributed by atoms with Crippen molar-refractivity contribution in [1.82, 2.24) is 19.3 Å². The van der Waals surface area contributed by atoms with Crippen LogP contribution in [0.3, 0.4) is 0 Å². The first-order valence-electron chi connectivity index (χ1n) is 9.89. The normalized spacial score (nSPS) is 13.0. The van der Waals surface area contributed by atoms with Crippen LogP contribution in [-0.4, -0.2) is 39.6 Å². The molecule has 0 spiro atoms. The molecule has 1 amide bonds. The fourth-order valence-electron chi connectivity index (χ4n) is 3.26. The zero-order chi connectivity index (χ0) is 23.7. The van der Waals surface area contributed by atoms with Crippen LogP contribution in [0.4, 0.5) is 9.18 Å². The van der Waals surface area contributed by atoms with Gasteiger partial charge in [0.2, 0.25) is 5.95 Å². The van der Waals surface area contributed by atoms with E-state index in [9.17, 15) is 22.7 Å². The Kier molecular flexibility index (Phi) is 6.36. The second kappa shape index (κ2) is 8.70. The van der Waals surface area contributed by atoms with E-state index < -0.39 is 33.5 Å². The Bertz CT molecular complexity index is 1230. The van der Waals surface area contributed by atoms with Crippen LogP contribution in [0, 0.1) is 18.3 Å². The van der Waals surface area contributed by atoms with Gasteiger partial charge in [0.25, 0.3) is 10.0 Å². The number of nitrogens with zero attached hydrogens (tertiary/aromatic N) is 3. The molecule has 0 radical (unpaired) electrons. The summed E-state index contributed by atoms with van der Waals surface area (Å²) in [6, 6.07) is 7.00. The summed E-state index contributed by atoms with van der Waals surface area (Å²) in [5.41, 5.74) is 0.846. The molecule has 3 heterocycles. The van der Waals surface area contributed by atoms with Gasteiger partial charge >= 0.3 is 6.09 Å². The maximum absolute atomic E-state index is 14.5. The Hall–Kier alpha value is -3.27. The second-order valence-electron chi connectivity index (χ2n) is 8.58. The van der Waals surface area contributed by atoms with Gasteiger partial charge in [0, 0.05) is 30.3 Å². The minimum absolute atomic E-state index is 0.0147. The molecule has 0 aliphatic rings. The third kappa shape index (κ3) is 4.96. The summed E-state index contributed by atoms with van der Waals surface area (Å²) < 4.78 is 42.3. The van der Waals surface area contributed by atoms with Gasteiger partial charge in [-0.3, -0.25) is 4.98 Å². The minimum Gasteiger partial charge on any atom is -0.465 e. The van der Waals surface area contributed by atoms with Gasteiger partial charge in [-0.2, -0.15) is 4.39 Å². The van der Waals surface area contributed by atoms with E-state index in [0.717, 1.165) is 3.97 Å². The fraction of sp³-hybridized carbons (Fsp3) is 0.318. The van der Waals surface area contributed by atoms with Crippen LogP contribution in [0.5, 0.6) is 0 Å². The monoisotopic (exact) mass is 460 g/mol. The summed E-state index contributed by atoms with van der Waals surface area (Å²) in [6.07, 6.45) is 2.94. The van der Waals surface area contributed by atoms with E-state index in [4.69, 9.17) is 0 Å². The summed E-state index contributed by atoms with van der Waals surface area (Å²) in [4.78, 5) is 18.9. The number of amides is 1. The lowest BCUT2D eigenvalue weighted by Crippen LogP contribution is -2.44. The number of hydrogen-bond donors (Lipinski definition) is 2. The van der Waals surface area contributed by atoms with Gasteiger partial charge < -0.3 is 10.4 Å². The molecule has 0 fully saturated rings. The molecular formula is C22H25FN4O4S. The number of rotatable bonds is 6. The molecular weight excluding hydrogens is 435 g/mol. The predicted molar refractivity (Wildman–Crippen MR) is 117 cm³/mol. The predicted octanol–water partition coefficient (Wildman–Crippen LogP) is 3.85. The van der Waals surface area contributed by atoms with Crippen LogP contribution in [0.1, 0.15) is 32.0 Å². The average Bonchev–Trinajstić information content (AvgIpc) is 3.12. The first-order chi connectivity index (χ1) is 14.9. The Balaban J connectivity index is 2.16. The Morgan fingerprint density at radius 2 is 1.97 bits per heavy atom. The average molecular weight is 461 g/mol. The van der Waals surface area contributed by atoms with Gasteiger partial charge in [-0.05, 0) is 54.7 Å². The van der Waals surface area contributed by atoms with E-state index >= 15 is 0 Å². The molecule has 0 aliphatic heterocycles. The summed E-state index contributed by atoms with van der Waals surface area (Å²) >= 11 is 0. The lowest BCUT2D eigenvalue weighted by atomic mass is 9.83. The number of halogens is 1. The van der Waals surface area contributed by atoms with E-state index in [1.807, 2.05) is 20.8 Å². The number of pyridine rings is 2. The van der Waals surface area contributed by atoms with Crippen molar-refractivity contribution < 1.29 is 22.7 Å². The lowest BCUT2D eigenvalue weighted by molar-refractivity contribution is 0.174. The molecule has 2 N–H and O–H groups in total. The molecule has 0 aliphatic carbocycles. The summed E-state index contributed by atoms with van der Waals surface area (Å²) in [5.74, 6) is -0.813. The van der Waals surface area contributed by atoms with Crippen LogP contribution in [-0.2, 0) is 16.4 Å². The van der Waals surface area contributed by atoms with Crippen LogP contribution in [0.15, 0.2) is 53.8 Å². The van der Waals surface area contributed by atoms with E-state index in [2.05, 4.69) is 15.3 Å². The highest BCUT2D eigenvalue weighted by Crippen LogP contribution is 2.30. The van der Waals surface area contributed by atoms with Crippen molar-refractivity contribution in [2.24, 2.45) is 5.41 Å². The van der Waals surface area contributed by atoms with Gasteiger partial charge in [-0.25, -0.2) is 22.2 Å². The number of carboxylic acid groups (broad SMARTS) is 1. The topological polar surface area (TPSA) is 114 Å². The van der Waals surface area contributed by atoms with Gasteiger partial charge in [-0.15, -0.1) is 0 Å². The molecule has 0 aromatic carbocycles. The Labute approximate surface area is 186 Å². The molecule has 3 aromatic heterocycles. The van der Waals surface area contributed by atoms with Gasteiger partial charge in [0.05, 0.1) is 11.3 Å². The molecule has 1 unspecified atom stereocenters. The maximum Gasteiger partial charge on any atom is 0.404 e. The molecule has 0 saturated carbocycles. The van der Waals surface area contributed by atoms with Crippen molar-refractivity contribution in [3.05, 3.63) is 66.1 Å². The van der Waals surface area contributed by atoms with Crippen molar-refractivity contribution >= 4 is 16.1 Å². The number of aromatic nitrogens is 3. The van der Waals surface area contributed by atoms with Crippen molar-refractivity contribution in [1.29, 1.82) is 0 Å². The van der Waals surface area contributed by atoms with Gasteiger partial charge in [0.15, 0.2) is 0 Å². The standard InChI is InChI=1S/C22H25FN4O4S/c1-14-7-8-16(12-25-14)32(30,31)27-13-15(11-19(22(2,3)4)26-21(28)29)10-18(27)17-6-5-9-24-20(17)23/h5-10,12-13,19,26H,11H2,1-4H3,(H,28,29). The third-order valence-corrected chi connectivity index (χ3v) is 6.76. The molecule has 10 heteroatoms. The first kappa shape index (κ1) is 23.4. The highest BCUT2D eigenvalue weighted by molar-refractivity contribution is 7.90. The number of nitrogens with one attached hydrogen (secondary N) is 1.